The molecule has 130 valence electrons. The summed E-state index contributed by atoms with van der Waals surface area (Å²) in [6.07, 6.45) is 0. The van der Waals surface area contributed by atoms with Crippen molar-refractivity contribution in [3.63, 3.8) is 0 Å². The first kappa shape index (κ1) is 18.2. The molecule has 3 rings (SSSR count). The Morgan fingerprint density at radius 3 is 2.54 bits per heavy atom. The van der Waals surface area contributed by atoms with Gasteiger partial charge in [0.05, 0.1) is 12.7 Å². The van der Waals surface area contributed by atoms with E-state index in [1.54, 1.807) is 18.9 Å². The fourth-order valence-corrected chi connectivity index (χ4v) is 3.51. The summed E-state index contributed by atoms with van der Waals surface area (Å²) in [5.41, 5.74) is 2.54. The summed E-state index contributed by atoms with van der Waals surface area (Å²) < 4.78 is 5.17. The lowest BCUT2D eigenvalue weighted by molar-refractivity contribution is 0.414. The van der Waals surface area contributed by atoms with Crippen LogP contribution in [0, 0.1) is 11.3 Å². The summed E-state index contributed by atoms with van der Waals surface area (Å²) in [6.45, 7) is 0.607. The van der Waals surface area contributed by atoms with E-state index in [1.165, 1.54) is 0 Å². The fourth-order valence-electron chi connectivity index (χ4n) is 2.43. The molecule has 0 radical (unpaired) electrons. The quantitative estimate of drug-likeness (QED) is 0.571. The number of benzene rings is 3. The van der Waals surface area contributed by atoms with E-state index in [2.05, 4.69) is 11.4 Å². The second-order valence-electron chi connectivity index (χ2n) is 5.55. The molecule has 0 fully saturated rings. The number of ether oxygens (including phenoxy) is 1. The maximum atomic E-state index is 9.50. The van der Waals surface area contributed by atoms with Crippen molar-refractivity contribution in [3.05, 3.63) is 82.9 Å². The SMILES string of the molecule is COc1ccc(Sc2ccc(NCc3ccccc3Cl)cc2C#N)cc1. The van der Waals surface area contributed by atoms with Gasteiger partial charge in [-0.25, -0.2) is 0 Å². The minimum absolute atomic E-state index is 0.607. The number of rotatable bonds is 6. The molecule has 1 N–H and O–H groups in total. The molecule has 5 heteroatoms. The summed E-state index contributed by atoms with van der Waals surface area (Å²) in [4.78, 5) is 1.97. The van der Waals surface area contributed by atoms with Crippen LogP contribution in [0.25, 0.3) is 0 Å². The molecular weight excluding hydrogens is 364 g/mol. The number of anilines is 1. The highest BCUT2D eigenvalue weighted by atomic mass is 35.5. The minimum atomic E-state index is 0.607. The summed E-state index contributed by atoms with van der Waals surface area (Å²) in [6, 6.07) is 23.6. The lowest BCUT2D eigenvalue weighted by Gasteiger charge is -2.10. The van der Waals surface area contributed by atoms with Gasteiger partial charge in [-0.05, 0) is 54.1 Å². The number of nitrogens with zero attached hydrogens (tertiary/aromatic N) is 1. The standard InChI is InChI=1S/C21H17ClN2OS/c1-25-18-7-9-19(10-8-18)26-21-11-6-17(12-16(21)13-23)24-14-15-4-2-3-5-20(15)22/h2-12,24H,14H2,1H3. The van der Waals surface area contributed by atoms with Gasteiger partial charge in [-0.15, -0.1) is 0 Å². The molecule has 26 heavy (non-hydrogen) atoms. The largest absolute Gasteiger partial charge is 0.497 e. The van der Waals surface area contributed by atoms with Crippen molar-refractivity contribution >= 4 is 29.1 Å². The highest BCUT2D eigenvalue weighted by molar-refractivity contribution is 7.99. The molecule has 3 aromatic rings. The Labute approximate surface area is 162 Å². The Bertz CT molecular complexity index is 935. The third-order valence-electron chi connectivity index (χ3n) is 3.83. The Kier molecular flexibility index (Phi) is 6.06. The lowest BCUT2D eigenvalue weighted by atomic mass is 10.2. The van der Waals surface area contributed by atoms with Gasteiger partial charge in [0, 0.05) is 27.0 Å². The number of halogens is 1. The lowest BCUT2D eigenvalue weighted by Crippen LogP contribution is -2.00. The van der Waals surface area contributed by atoms with Crippen LogP contribution >= 0.6 is 23.4 Å². The van der Waals surface area contributed by atoms with Crippen LogP contribution < -0.4 is 10.1 Å². The molecule has 0 heterocycles. The van der Waals surface area contributed by atoms with Gasteiger partial charge in [0.25, 0.3) is 0 Å². The van der Waals surface area contributed by atoms with E-state index in [-0.39, 0.29) is 0 Å². The maximum absolute atomic E-state index is 9.50. The molecule has 0 atom stereocenters. The molecule has 0 bridgehead atoms. The van der Waals surface area contributed by atoms with Crippen LogP contribution in [0.15, 0.2) is 76.5 Å². The van der Waals surface area contributed by atoms with Gasteiger partial charge < -0.3 is 10.1 Å². The van der Waals surface area contributed by atoms with E-state index >= 15 is 0 Å². The normalized spacial score (nSPS) is 10.2. The first-order valence-electron chi connectivity index (χ1n) is 8.03. The van der Waals surface area contributed by atoms with Gasteiger partial charge >= 0.3 is 0 Å². The zero-order valence-electron chi connectivity index (χ0n) is 14.2. The predicted octanol–water partition coefficient (Wildman–Crippen LogP) is 5.98. The Balaban J connectivity index is 1.73. The van der Waals surface area contributed by atoms with E-state index in [0.717, 1.165) is 31.8 Å². The van der Waals surface area contributed by atoms with Crippen LogP contribution in [0.1, 0.15) is 11.1 Å². The maximum Gasteiger partial charge on any atom is 0.118 e. The average Bonchev–Trinajstić information content (AvgIpc) is 2.68. The van der Waals surface area contributed by atoms with Gasteiger partial charge in [0.2, 0.25) is 0 Å². The van der Waals surface area contributed by atoms with E-state index < -0.39 is 0 Å². The zero-order valence-corrected chi connectivity index (χ0v) is 15.8. The summed E-state index contributed by atoms with van der Waals surface area (Å²) in [5.74, 6) is 0.814. The summed E-state index contributed by atoms with van der Waals surface area (Å²) in [7, 11) is 1.64. The third kappa shape index (κ3) is 4.51. The van der Waals surface area contributed by atoms with Crippen LogP contribution in [0.2, 0.25) is 5.02 Å². The second-order valence-corrected chi connectivity index (χ2v) is 7.07. The molecule has 0 aliphatic carbocycles. The minimum Gasteiger partial charge on any atom is -0.497 e. The van der Waals surface area contributed by atoms with Gasteiger partial charge in [-0.2, -0.15) is 5.26 Å². The monoisotopic (exact) mass is 380 g/mol. The molecule has 0 amide bonds. The number of nitrogens with one attached hydrogen (secondary N) is 1. The molecule has 3 nitrogen and oxygen atoms in total. The molecule has 0 aliphatic heterocycles. The summed E-state index contributed by atoms with van der Waals surface area (Å²) >= 11 is 7.74. The topological polar surface area (TPSA) is 45.0 Å². The van der Waals surface area contributed by atoms with Crippen LogP contribution in [0.5, 0.6) is 5.75 Å². The number of nitriles is 1. The Morgan fingerprint density at radius 1 is 1.08 bits per heavy atom. The number of methoxy groups -OCH3 is 1. The van der Waals surface area contributed by atoms with Crippen LogP contribution in [-0.2, 0) is 6.54 Å². The van der Waals surface area contributed by atoms with Gasteiger partial charge in [-0.3, -0.25) is 0 Å². The molecule has 0 saturated heterocycles. The van der Waals surface area contributed by atoms with Gasteiger partial charge in [-0.1, -0.05) is 41.6 Å². The first-order chi connectivity index (χ1) is 12.7. The second kappa shape index (κ2) is 8.66. The zero-order chi connectivity index (χ0) is 18.4. The van der Waals surface area contributed by atoms with E-state index in [1.807, 2.05) is 66.7 Å². The van der Waals surface area contributed by atoms with Crippen LogP contribution in [0.4, 0.5) is 5.69 Å². The molecule has 0 aromatic heterocycles. The van der Waals surface area contributed by atoms with Gasteiger partial charge in [0.1, 0.15) is 11.8 Å². The molecule has 0 saturated carbocycles. The van der Waals surface area contributed by atoms with Crippen molar-refractivity contribution < 1.29 is 4.74 Å². The van der Waals surface area contributed by atoms with Crippen molar-refractivity contribution in [3.8, 4) is 11.8 Å². The van der Waals surface area contributed by atoms with E-state index in [9.17, 15) is 5.26 Å². The molecule has 3 aromatic carbocycles. The van der Waals surface area contributed by atoms with Crippen LogP contribution in [0.3, 0.4) is 0 Å². The highest BCUT2D eigenvalue weighted by Gasteiger charge is 2.07. The van der Waals surface area contributed by atoms with E-state index in [4.69, 9.17) is 16.3 Å². The van der Waals surface area contributed by atoms with Crippen molar-refractivity contribution in [2.24, 2.45) is 0 Å². The summed E-state index contributed by atoms with van der Waals surface area (Å²) in [5, 5.41) is 13.6. The number of hydrogen-bond donors (Lipinski definition) is 1. The molecule has 0 unspecified atom stereocenters. The Morgan fingerprint density at radius 2 is 1.85 bits per heavy atom. The van der Waals surface area contributed by atoms with Crippen LogP contribution in [-0.4, -0.2) is 7.11 Å². The highest BCUT2D eigenvalue weighted by Crippen LogP contribution is 2.32. The molecule has 0 aliphatic rings. The van der Waals surface area contributed by atoms with Crippen molar-refractivity contribution in [1.29, 1.82) is 5.26 Å². The Hall–Kier alpha value is -2.61. The fraction of sp³-hybridized carbons (Fsp3) is 0.0952. The smallest absolute Gasteiger partial charge is 0.118 e. The van der Waals surface area contributed by atoms with E-state index in [0.29, 0.717) is 12.1 Å². The first-order valence-corrected chi connectivity index (χ1v) is 9.22. The number of hydrogen-bond acceptors (Lipinski definition) is 4. The molecular formula is C21H17ClN2OS. The third-order valence-corrected chi connectivity index (χ3v) is 5.28. The average molecular weight is 381 g/mol. The predicted molar refractivity (Wildman–Crippen MR) is 107 cm³/mol. The van der Waals surface area contributed by atoms with Gasteiger partial charge in [0.15, 0.2) is 0 Å². The molecule has 0 spiro atoms. The van der Waals surface area contributed by atoms with Crippen molar-refractivity contribution in [2.75, 3.05) is 12.4 Å². The van der Waals surface area contributed by atoms with Crippen molar-refractivity contribution in [2.45, 2.75) is 16.3 Å². The van der Waals surface area contributed by atoms with Crippen molar-refractivity contribution in [1.82, 2.24) is 0 Å².